The maximum Gasteiger partial charge on any atom is 0.305 e. The first kappa shape index (κ1) is 19.4. The summed E-state index contributed by atoms with van der Waals surface area (Å²) in [5.74, 6) is 0. The molecule has 0 N–H and O–H groups in total. The number of halogens is 4. The molecule has 0 saturated heterocycles. The molecule has 1 aliphatic carbocycles. The summed E-state index contributed by atoms with van der Waals surface area (Å²) < 4.78 is 50.6. The number of allylic oxidation sites excluding steroid dienone is 1. The van der Waals surface area contributed by atoms with Crippen molar-refractivity contribution in [1.82, 2.24) is 0 Å². The van der Waals surface area contributed by atoms with Crippen molar-refractivity contribution in [3.05, 3.63) is 12.2 Å². The van der Waals surface area contributed by atoms with E-state index in [4.69, 9.17) is 4.74 Å². The summed E-state index contributed by atoms with van der Waals surface area (Å²) in [5.41, 5.74) is 0. The third-order valence-corrected chi connectivity index (χ3v) is 2.81. The molecule has 0 heterocycles. The lowest BCUT2D eigenvalue weighted by molar-refractivity contribution is -0.120. The minimum absolute atomic E-state index is 0.253. The van der Waals surface area contributed by atoms with Crippen LogP contribution < -0.4 is 0 Å². The molecule has 0 aromatic carbocycles. The summed E-state index contributed by atoms with van der Waals surface area (Å²) in [6.07, 6.45) is 3.10. The fourth-order valence-corrected chi connectivity index (χ4v) is 1.55. The SMILES string of the molecule is FC(F)C(=S)OC1/C=C\CCCCC1.O=C(S)C(F)F. The number of thiol groups is 1. The molecule has 0 saturated carbocycles. The van der Waals surface area contributed by atoms with Crippen LogP contribution in [0.3, 0.4) is 0 Å². The minimum atomic E-state index is -2.92. The highest BCUT2D eigenvalue weighted by Gasteiger charge is 2.16. The number of carbonyl (C=O) groups excluding carboxylic acids is 1. The van der Waals surface area contributed by atoms with Crippen LogP contribution in [0.25, 0.3) is 0 Å². The molecule has 1 atom stereocenters. The van der Waals surface area contributed by atoms with Crippen LogP contribution in [0, 0.1) is 0 Å². The van der Waals surface area contributed by atoms with Crippen LogP contribution in [0.5, 0.6) is 0 Å². The molecule has 8 heteroatoms. The molecule has 0 aromatic heterocycles. The maximum atomic E-state index is 12.1. The molecule has 1 unspecified atom stereocenters. The maximum absolute atomic E-state index is 12.1. The van der Waals surface area contributed by atoms with E-state index in [2.05, 4.69) is 24.8 Å². The Balaban J connectivity index is 0.000000511. The smallest absolute Gasteiger partial charge is 0.305 e. The molecule has 1 aliphatic rings. The lowest BCUT2D eigenvalue weighted by Gasteiger charge is -2.17. The van der Waals surface area contributed by atoms with Gasteiger partial charge in [0.15, 0.2) is 0 Å². The van der Waals surface area contributed by atoms with Crippen LogP contribution in [0.15, 0.2) is 12.2 Å². The molecular formula is C12H16F4O2S2. The van der Waals surface area contributed by atoms with Crippen molar-refractivity contribution in [3.63, 3.8) is 0 Å². The van der Waals surface area contributed by atoms with Crippen LogP contribution in [-0.4, -0.2) is 29.1 Å². The molecule has 20 heavy (non-hydrogen) atoms. The first-order chi connectivity index (χ1) is 9.34. The number of hydrogen-bond acceptors (Lipinski definition) is 3. The van der Waals surface area contributed by atoms with E-state index in [9.17, 15) is 22.4 Å². The van der Waals surface area contributed by atoms with Crippen molar-refractivity contribution in [2.75, 3.05) is 0 Å². The summed E-state index contributed by atoms with van der Waals surface area (Å²) in [6, 6.07) is 0. The van der Waals surface area contributed by atoms with Crippen molar-refractivity contribution in [2.45, 2.75) is 51.1 Å². The summed E-state index contributed by atoms with van der Waals surface area (Å²) >= 11 is 7.23. The fraction of sp³-hybridized carbons (Fsp3) is 0.667. The van der Waals surface area contributed by atoms with E-state index < -0.39 is 23.0 Å². The summed E-state index contributed by atoms with van der Waals surface area (Å²) in [7, 11) is 0. The van der Waals surface area contributed by atoms with E-state index in [1.54, 1.807) is 0 Å². The van der Waals surface area contributed by atoms with Gasteiger partial charge in [0.25, 0.3) is 5.12 Å². The fourth-order valence-electron chi connectivity index (χ4n) is 1.43. The van der Waals surface area contributed by atoms with E-state index in [0.717, 1.165) is 25.7 Å². The second kappa shape index (κ2) is 11.1. The van der Waals surface area contributed by atoms with E-state index in [1.807, 2.05) is 12.2 Å². The number of hydrogen-bond donors (Lipinski definition) is 1. The molecule has 0 bridgehead atoms. The van der Waals surface area contributed by atoms with Crippen molar-refractivity contribution in [1.29, 1.82) is 0 Å². The molecule has 0 radical (unpaired) electrons. The Morgan fingerprint density at radius 1 is 1.20 bits per heavy atom. The normalized spacial score (nSPS) is 20.4. The number of alkyl halides is 4. The van der Waals surface area contributed by atoms with Crippen molar-refractivity contribution in [2.24, 2.45) is 0 Å². The van der Waals surface area contributed by atoms with Crippen LogP contribution in [0.1, 0.15) is 32.1 Å². The second-order valence-corrected chi connectivity index (χ2v) is 4.82. The van der Waals surface area contributed by atoms with Gasteiger partial charge in [0.2, 0.25) is 5.05 Å². The Morgan fingerprint density at radius 2 is 1.80 bits per heavy atom. The zero-order chi connectivity index (χ0) is 15.5. The lowest BCUT2D eigenvalue weighted by Crippen LogP contribution is -2.20. The van der Waals surface area contributed by atoms with Gasteiger partial charge in [0, 0.05) is 0 Å². The molecule has 0 amide bonds. The zero-order valence-corrected chi connectivity index (χ0v) is 12.3. The molecule has 0 spiro atoms. The van der Waals surface area contributed by atoms with E-state index in [1.165, 1.54) is 6.42 Å². The molecule has 116 valence electrons. The number of thiocarbonyl (C=S) groups is 1. The Morgan fingerprint density at radius 3 is 2.30 bits per heavy atom. The standard InChI is InChI=1S/C10H14F2OS.C2H2F2OS/c11-9(12)10(14)13-8-6-4-2-1-3-5-7-8;3-1(4)2(5)6/h4,6,8-9H,1-3,5,7H2;1H,(H,5,6)/b6-4-;. The Hall–Kier alpha value is -0.630. The van der Waals surface area contributed by atoms with E-state index in [-0.39, 0.29) is 6.10 Å². The van der Waals surface area contributed by atoms with Crippen molar-refractivity contribution in [3.8, 4) is 0 Å². The Bertz CT molecular complexity index is 335. The average molecular weight is 332 g/mol. The third-order valence-electron chi connectivity index (χ3n) is 2.34. The average Bonchev–Trinajstić information content (AvgIpc) is 2.32. The first-order valence-corrected chi connectivity index (χ1v) is 6.86. The van der Waals surface area contributed by atoms with Crippen molar-refractivity contribution >= 4 is 35.0 Å². The summed E-state index contributed by atoms with van der Waals surface area (Å²) in [6.45, 7) is 0. The van der Waals surface area contributed by atoms with Crippen LogP contribution in [0.4, 0.5) is 17.6 Å². The third kappa shape index (κ3) is 10.2. The van der Waals surface area contributed by atoms with E-state index in [0.29, 0.717) is 0 Å². The van der Waals surface area contributed by atoms with Crippen molar-refractivity contribution < 1.29 is 27.1 Å². The van der Waals surface area contributed by atoms with Gasteiger partial charge in [-0.05, 0) is 44.0 Å². The molecule has 0 aliphatic heterocycles. The number of carbonyl (C=O) groups is 1. The topological polar surface area (TPSA) is 26.3 Å². The van der Waals surface area contributed by atoms with Gasteiger partial charge in [-0.3, -0.25) is 4.79 Å². The predicted octanol–water partition coefficient (Wildman–Crippen LogP) is 4.19. The molecule has 2 nitrogen and oxygen atoms in total. The molecular weight excluding hydrogens is 316 g/mol. The predicted molar refractivity (Wildman–Crippen MR) is 75.7 cm³/mol. The number of rotatable bonds is 3. The highest BCUT2D eigenvalue weighted by atomic mass is 32.1. The second-order valence-electron chi connectivity index (χ2n) is 3.98. The van der Waals surface area contributed by atoms with Gasteiger partial charge in [-0.15, -0.1) is 0 Å². The van der Waals surface area contributed by atoms with Gasteiger partial charge in [0.1, 0.15) is 6.10 Å². The number of ether oxygens (including phenoxy) is 1. The van der Waals surface area contributed by atoms with Gasteiger partial charge in [-0.25, -0.2) is 17.6 Å². The minimum Gasteiger partial charge on any atom is -0.475 e. The van der Waals surface area contributed by atoms with Gasteiger partial charge in [-0.2, -0.15) is 0 Å². The van der Waals surface area contributed by atoms with Crippen LogP contribution in [-0.2, 0) is 9.53 Å². The summed E-state index contributed by atoms with van der Waals surface area (Å²) in [5, 5.41) is -1.96. The zero-order valence-electron chi connectivity index (χ0n) is 10.6. The van der Waals surface area contributed by atoms with E-state index >= 15 is 0 Å². The van der Waals surface area contributed by atoms with Gasteiger partial charge in [0.05, 0.1) is 0 Å². The largest absolute Gasteiger partial charge is 0.475 e. The quantitative estimate of drug-likeness (QED) is 0.363. The lowest BCUT2D eigenvalue weighted by atomic mass is 10.0. The highest BCUT2D eigenvalue weighted by Crippen LogP contribution is 2.15. The molecule has 1 rings (SSSR count). The highest BCUT2D eigenvalue weighted by molar-refractivity contribution is 7.96. The van der Waals surface area contributed by atoms with Gasteiger partial charge >= 0.3 is 12.9 Å². The van der Waals surface area contributed by atoms with Gasteiger partial charge < -0.3 is 4.74 Å². The Labute approximate surface area is 126 Å². The first-order valence-electron chi connectivity index (χ1n) is 6.01. The monoisotopic (exact) mass is 332 g/mol. The molecule has 0 fully saturated rings. The van der Waals surface area contributed by atoms with Gasteiger partial charge in [-0.1, -0.05) is 25.1 Å². The molecule has 0 aromatic rings. The van der Waals surface area contributed by atoms with Crippen LogP contribution in [0.2, 0.25) is 0 Å². The Kier molecular flexibility index (Phi) is 10.7. The summed E-state index contributed by atoms with van der Waals surface area (Å²) in [4.78, 5) is 9.26. The van der Waals surface area contributed by atoms with Crippen LogP contribution >= 0.6 is 24.8 Å².